The van der Waals surface area contributed by atoms with E-state index in [1.54, 1.807) is 0 Å². The number of aliphatic carboxylic acids is 2. The Hall–Kier alpha value is -0.797. The number of rotatable bonds is 10. The van der Waals surface area contributed by atoms with E-state index in [1.165, 1.54) is 37.4 Å². The Bertz CT molecular complexity index is 388. The molecule has 0 aliphatic carbocycles. The molecule has 0 heterocycles. The van der Waals surface area contributed by atoms with Crippen LogP contribution in [0.4, 0.5) is 0 Å². The maximum atomic E-state index is 10.5. The van der Waals surface area contributed by atoms with Crippen LogP contribution in [-0.2, 0) is 38.7 Å². The molecule has 0 spiro atoms. The smallest absolute Gasteiger partial charge is 0.548 e. The van der Waals surface area contributed by atoms with Crippen LogP contribution in [-0.4, -0.2) is 59.9 Å². The molecule has 0 aromatic heterocycles. The van der Waals surface area contributed by atoms with Crippen LogP contribution in [0.15, 0.2) is 0 Å². The van der Waals surface area contributed by atoms with Crippen LogP contribution in [0.5, 0.6) is 0 Å². The van der Waals surface area contributed by atoms with Crippen LogP contribution in [0.3, 0.4) is 0 Å². The van der Waals surface area contributed by atoms with Crippen molar-refractivity contribution in [3.63, 3.8) is 0 Å². The van der Waals surface area contributed by atoms with Crippen LogP contribution < -0.4 is 20.8 Å². The summed E-state index contributed by atoms with van der Waals surface area (Å²) in [5, 5.41) is 25.4. The van der Waals surface area contributed by atoms with Gasteiger partial charge in [-0.25, -0.2) is 0 Å². The van der Waals surface area contributed by atoms with Gasteiger partial charge in [0.2, 0.25) is 11.8 Å². The summed E-state index contributed by atoms with van der Waals surface area (Å²) in [5.74, 6) is -1.74. The van der Waals surface area contributed by atoms with Crippen LogP contribution in [0.25, 0.3) is 0 Å². The average molecular weight is 446 g/mol. The van der Waals surface area contributed by atoms with Crippen molar-refractivity contribution >= 4 is 47.3 Å². The van der Waals surface area contributed by atoms with E-state index < -0.39 is 24.0 Å². The quantitative estimate of drug-likeness (QED) is 0.368. The van der Waals surface area contributed by atoms with Gasteiger partial charge in [-0.15, -0.1) is 0 Å². The van der Waals surface area contributed by atoms with E-state index in [1.807, 2.05) is 12.5 Å². The number of thioether (sulfide) groups is 2. The van der Waals surface area contributed by atoms with Crippen LogP contribution in [0, 0.1) is 0 Å². The van der Waals surface area contributed by atoms with E-state index in [2.05, 4.69) is 10.6 Å². The molecule has 2 N–H and O–H groups in total. The van der Waals surface area contributed by atoms with Crippen LogP contribution in [0.2, 0.25) is 0 Å². The zero-order valence-electron chi connectivity index (χ0n) is 15.0. The van der Waals surface area contributed by atoms with Gasteiger partial charge in [-0.05, 0) is 36.9 Å². The van der Waals surface area contributed by atoms with Gasteiger partial charge in [0.05, 0.1) is 24.0 Å². The Morgan fingerprint density at radius 3 is 1.24 bits per heavy atom. The minimum Gasteiger partial charge on any atom is -0.548 e. The van der Waals surface area contributed by atoms with Crippen molar-refractivity contribution in [2.24, 2.45) is 0 Å². The fraction of sp³-hybridized carbons (Fsp3) is 0.714. The molecule has 0 aromatic carbocycles. The van der Waals surface area contributed by atoms with Gasteiger partial charge in [0.1, 0.15) is 0 Å². The van der Waals surface area contributed by atoms with Crippen molar-refractivity contribution in [2.45, 2.75) is 38.8 Å². The molecule has 140 valence electrons. The molecule has 8 nitrogen and oxygen atoms in total. The third-order valence-electron chi connectivity index (χ3n) is 2.55. The molecule has 11 heteroatoms. The first-order chi connectivity index (χ1) is 11.1. The summed E-state index contributed by atoms with van der Waals surface area (Å²) in [5.41, 5.74) is 0. The number of nitrogens with one attached hydrogen (secondary N) is 2. The summed E-state index contributed by atoms with van der Waals surface area (Å²) in [6.07, 6.45) is 4.56. The first kappa shape index (κ1) is 29.0. The molecule has 0 aliphatic heterocycles. The minimum absolute atomic E-state index is 0. The van der Waals surface area contributed by atoms with Crippen LogP contribution >= 0.6 is 23.5 Å². The first-order valence-corrected chi connectivity index (χ1v) is 9.88. The second-order valence-electron chi connectivity index (χ2n) is 4.71. The molecule has 0 saturated heterocycles. The first-order valence-electron chi connectivity index (χ1n) is 7.09. The maximum absolute atomic E-state index is 10.5. The predicted molar refractivity (Wildman–Crippen MR) is 91.2 cm³/mol. The van der Waals surface area contributed by atoms with Crippen LogP contribution in [0.1, 0.15) is 26.7 Å². The van der Waals surface area contributed by atoms with Gasteiger partial charge in [-0.1, -0.05) is 0 Å². The number of carbonyl (C=O) groups excluding carboxylic acids is 4. The fourth-order valence-corrected chi connectivity index (χ4v) is 2.40. The monoisotopic (exact) mass is 444 g/mol. The molecule has 2 atom stereocenters. The summed E-state index contributed by atoms with van der Waals surface area (Å²) in [6, 6.07) is -1.70. The number of carbonyl (C=O) groups is 4. The molecule has 2 amide bonds. The average Bonchev–Trinajstić information content (AvgIpc) is 2.47. The molecule has 25 heavy (non-hydrogen) atoms. The Morgan fingerprint density at radius 2 is 1.08 bits per heavy atom. The normalized spacial score (nSPS) is 11.7. The third-order valence-corrected chi connectivity index (χ3v) is 3.83. The number of hydrogen-bond donors (Lipinski definition) is 2. The van der Waals surface area contributed by atoms with Gasteiger partial charge in [0.25, 0.3) is 0 Å². The molecule has 0 aromatic rings. The van der Waals surface area contributed by atoms with Gasteiger partial charge in [0, 0.05) is 13.8 Å². The SMILES string of the molecule is CSCC[C@H](NC(C)=O)C(=O)[O-].CSCC[C@H](NC(C)=O)C(=O)[O-].[Zn+2]. The Balaban J connectivity index is -0.000000372. The van der Waals surface area contributed by atoms with Crippen molar-refractivity contribution in [1.82, 2.24) is 10.6 Å². The number of hydrogen-bond acceptors (Lipinski definition) is 8. The van der Waals surface area contributed by atoms with E-state index >= 15 is 0 Å². The number of carboxylic acids is 2. The van der Waals surface area contributed by atoms with Gasteiger partial charge >= 0.3 is 19.5 Å². The third kappa shape index (κ3) is 19.4. The molecule has 0 rings (SSSR count). The Kier molecular flexibility index (Phi) is 20.9. The molecule has 0 fully saturated rings. The number of amides is 2. The van der Waals surface area contributed by atoms with Gasteiger partial charge in [-0.2, -0.15) is 23.5 Å². The summed E-state index contributed by atoms with van der Waals surface area (Å²) in [7, 11) is 0. The van der Waals surface area contributed by atoms with E-state index in [4.69, 9.17) is 0 Å². The number of carboxylic acid groups (broad SMARTS) is 2. The summed E-state index contributed by atoms with van der Waals surface area (Å²) >= 11 is 3.06. The van der Waals surface area contributed by atoms with E-state index in [0.29, 0.717) is 24.3 Å². The summed E-state index contributed by atoms with van der Waals surface area (Å²) in [6.45, 7) is 2.57. The molecule has 0 unspecified atom stereocenters. The minimum atomic E-state index is -1.22. The second-order valence-corrected chi connectivity index (χ2v) is 6.68. The molecular weight excluding hydrogens is 422 g/mol. The standard InChI is InChI=1S/2C7H13NO3S.Zn/c2*1-5(9)8-6(7(10)11)3-4-12-2;/h2*6H,3-4H2,1-2H3,(H,8,9)(H,10,11);/q;;+2/p-2/t2*6-;/m00./s1. The molecule has 0 saturated carbocycles. The van der Waals surface area contributed by atoms with Gasteiger partial charge < -0.3 is 30.4 Å². The van der Waals surface area contributed by atoms with E-state index in [-0.39, 0.29) is 31.3 Å². The summed E-state index contributed by atoms with van der Waals surface area (Å²) < 4.78 is 0. The van der Waals surface area contributed by atoms with Gasteiger partial charge in [-0.3, -0.25) is 9.59 Å². The molecule has 0 radical (unpaired) electrons. The molecular formula is C14H24N2O6S2Zn. The van der Waals surface area contributed by atoms with Crippen molar-refractivity contribution in [2.75, 3.05) is 24.0 Å². The zero-order chi connectivity index (χ0) is 19.1. The molecule has 0 bridgehead atoms. The summed E-state index contributed by atoms with van der Waals surface area (Å²) in [4.78, 5) is 41.8. The van der Waals surface area contributed by atoms with Crippen molar-refractivity contribution in [3.05, 3.63) is 0 Å². The largest absolute Gasteiger partial charge is 2.00 e. The fourth-order valence-electron chi connectivity index (χ4n) is 1.46. The van der Waals surface area contributed by atoms with E-state index in [9.17, 15) is 29.4 Å². The van der Waals surface area contributed by atoms with Gasteiger partial charge in [0.15, 0.2) is 0 Å². The maximum Gasteiger partial charge on any atom is 2.00 e. The predicted octanol–water partition coefficient (Wildman–Crippen LogP) is -2.01. The molecule has 0 aliphatic rings. The Labute approximate surface area is 169 Å². The zero-order valence-corrected chi connectivity index (χ0v) is 19.6. The van der Waals surface area contributed by atoms with Crippen molar-refractivity contribution < 1.29 is 48.9 Å². The Morgan fingerprint density at radius 1 is 0.800 bits per heavy atom. The topological polar surface area (TPSA) is 138 Å². The van der Waals surface area contributed by atoms with Crippen molar-refractivity contribution in [3.8, 4) is 0 Å². The second kappa shape index (κ2) is 18.0. The van der Waals surface area contributed by atoms with E-state index in [0.717, 1.165) is 0 Å². The van der Waals surface area contributed by atoms with Crippen molar-refractivity contribution in [1.29, 1.82) is 0 Å².